The molecule has 1 N–H and O–H groups in total. The molecule has 0 spiro atoms. The van der Waals surface area contributed by atoms with Crippen LogP contribution in [-0.2, 0) is 11.0 Å². The number of halogens is 3. The van der Waals surface area contributed by atoms with E-state index in [0.29, 0.717) is 24.3 Å². The number of nitrogens with one attached hydrogen (secondary N) is 1. The molecule has 1 saturated heterocycles. The number of amides is 1. The Balaban J connectivity index is 1.43. The lowest BCUT2D eigenvalue weighted by atomic mass is 9.97. The summed E-state index contributed by atoms with van der Waals surface area (Å²) in [5.74, 6) is 0.655. The highest BCUT2D eigenvalue weighted by atomic mass is 19.4. The van der Waals surface area contributed by atoms with Gasteiger partial charge in [0.2, 0.25) is 5.91 Å². The van der Waals surface area contributed by atoms with E-state index in [1.165, 1.54) is 12.1 Å². The van der Waals surface area contributed by atoms with Gasteiger partial charge in [-0.3, -0.25) is 9.69 Å². The summed E-state index contributed by atoms with van der Waals surface area (Å²) in [4.78, 5) is 21.2. The van der Waals surface area contributed by atoms with Gasteiger partial charge in [-0.05, 0) is 29.8 Å². The summed E-state index contributed by atoms with van der Waals surface area (Å²) >= 11 is 0. The van der Waals surface area contributed by atoms with Crippen LogP contribution in [-0.4, -0.2) is 48.5 Å². The van der Waals surface area contributed by atoms with E-state index in [1.807, 2.05) is 23.1 Å². The Kier molecular flexibility index (Phi) is 6.41. The van der Waals surface area contributed by atoms with Crippen LogP contribution in [0.2, 0.25) is 0 Å². The second kappa shape index (κ2) is 9.40. The number of piperazine rings is 1. The molecule has 2 heterocycles. The van der Waals surface area contributed by atoms with Gasteiger partial charge in [0.05, 0.1) is 12.1 Å². The SMILES string of the molecule is O=C(CN1CCN(c2ccccn2)CC1)Nc1ccccc1-c1ccccc1C(F)(F)F. The van der Waals surface area contributed by atoms with E-state index in [-0.39, 0.29) is 18.0 Å². The molecule has 0 saturated carbocycles. The van der Waals surface area contributed by atoms with Crippen LogP contribution in [0.5, 0.6) is 0 Å². The Morgan fingerprint density at radius 3 is 2.22 bits per heavy atom. The predicted octanol–water partition coefficient (Wildman–Crippen LogP) is 4.53. The maximum absolute atomic E-state index is 13.5. The fourth-order valence-electron chi connectivity index (χ4n) is 3.86. The van der Waals surface area contributed by atoms with Gasteiger partial charge in [0.15, 0.2) is 0 Å². The first-order chi connectivity index (χ1) is 15.4. The van der Waals surface area contributed by atoms with Crippen molar-refractivity contribution in [2.24, 2.45) is 0 Å². The number of nitrogens with zero attached hydrogens (tertiary/aromatic N) is 3. The van der Waals surface area contributed by atoms with Crippen LogP contribution < -0.4 is 10.2 Å². The largest absolute Gasteiger partial charge is 0.417 e. The average Bonchev–Trinajstić information content (AvgIpc) is 2.80. The van der Waals surface area contributed by atoms with E-state index < -0.39 is 11.7 Å². The highest BCUT2D eigenvalue weighted by Gasteiger charge is 2.33. The van der Waals surface area contributed by atoms with Gasteiger partial charge in [0.1, 0.15) is 5.82 Å². The summed E-state index contributed by atoms with van der Waals surface area (Å²) in [5.41, 5.74) is 0.0160. The molecule has 4 rings (SSSR count). The molecule has 1 aromatic heterocycles. The van der Waals surface area contributed by atoms with Gasteiger partial charge in [0.25, 0.3) is 0 Å². The van der Waals surface area contributed by atoms with Crippen LogP contribution >= 0.6 is 0 Å². The Labute approximate surface area is 184 Å². The first-order valence-corrected chi connectivity index (χ1v) is 10.4. The fourth-order valence-corrected chi connectivity index (χ4v) is 3.86. The highest BCUT2D eigenvalue weighted by Crippen LogP contribution is 2.39. The summed E-state index contributed by atoms with van der Waals surface area (Å²) in [6.45, 7) is 3.07. The minimum atomic E-state index is -4.49. The van der Waals surface area contributed by atoms with E-state index in [1.54, 1.807) is 36.5 Å². The second-order valence-electron chi connectivity index (χ2n) is 7.59. The Morgan fingerprint density at radius 1 is 0.875 bits per heavy atom. The zero-order chi connectivity index (χ0) is 22.6. The predicted molar refractivity (Wildman–Crippen MR) is 118 cm³/mol. The lowest BCUT2D eigenvalue weighted by Gasteiger charge is -2.35. The second-order valence-corrected chi connectivity index (χ2v) is 7.59. The number of benzene rings is 2. The number of aromatic nitrogens is 1. The third-order valence-corrected chi connectivity index (χ3v) is 5.44. The van der Waals surface area contributed by atoms with Crippen LogP contribution in [0, 0.1) is 0 Å². The number of hydrogen-bond acceptors (Lipinski definition) is 4. The molecule has 0 unspecified atom stereocenters. The number of hydrogen-bond donors (Lipinski definition) is 1. The molecular weight excluding hydrogens is 417 g/mol. The molecule has 5 nitrogen and oxygen atoms in total. The number of alkyl halides is 3. The molecule has 0 aliphatic carbocycles. The Morgan fingerprint density at radius 2 is 1.53 bits per heavy atom. The van der Waals surface area contributed by atoms with Crippen LogP contribution in [0.4, 0.5) is 24.7 Å². The third kappa shape index (κ3) is 5.08. The smallest absolute Gasteiger partial charge is 0.354 e. The molecule has 1 aliphatic rings. The average molecular weight is 440 g/mol. The zero-order valence-corrected chi connectivity index (χ0v) is 17.3. The number of anilines is 2. The topological polar surface area (TPSA) is 48.5 Å². The van der Waals surface area contributed by atoms with Crippen LogP contribution in [0.3, 0.4) is 0 Å². The maximum atomic E-state index is 13.5. The molecule has 0 radical (unpaired) electrons. The molecule has 2 aromatic carbocycles. The molecule has 1 fully saturated rings. The minimum Gasteiger partial charge on any atom is -0.354 e. The monoisotopic (exact) mass is 440 g/mol. The molecule has 166 valence electrons. The Hall–Kier alpha value is -3.39. The van der Waals surface area contributed by atoms with E-state index >= 15 is 0 Å². The van der Waals surface area contributed by atoms with E-state index in [2.05, 4.69) is 15.2 Å². The van der Waals surface area contributed by atoms with Crippen LogP contribution in [0.25, 0.3) is 11.1 Å². The molecule has 1 aliphatic heterocycles. The maximum Gasteiger partial charge on any atom is 0.417 e. The summed E-state index contributed by atoms with van der Waals surface area (Å²) < 4.78 is 40.5. The summed E-state index contributed by atoms with van der Waals surface area (Å²) in [5, 5.41) is 2.80. The molecule has 0 atom stereocenters. The van der Waals surface area contributed by atoms with Crippen molar-refractivity contribution in [2.45, 2.75) is 6.18 Å². The quantitative estimate of drug-likeness (QED) is 0.634. The van der Waals surface area contributed by atoms with Crippen molar-refractivity contribution >= 4 is 17.4 Å². The minimum absolute atomic E-state index is 0.0416. The normalized spacial score (nSPS) is 14.9. The summed E-state index contributed by atoms with van der Waals surface area (Å²) in [6, 6.07) is 17.7. The first-order valence-electron chi connectivity index (χ1n) is 10.4. The van der Waals surface area contributed by atoms with Gasteiger partial charge in [-0.15, -0.1) is 0 Å². The highest BCUT2D eigenvalue weighted by molar-refractivity contribution is 5.97. The van der Waals surface area contributed by atoms with Gasteiger partial charge in [-0.2, -0.15) is 13.2 Å². The number of para-hydroxylation sites is 1. The van der Waals surface area contributed by atoms with Crippen LogP contribution in [0.1, 0.15) is 5.56 Å². The number of carbonyl (C=O) groups excluding carboxylic acids is 1. The molecule has 32 heavy (non-hydrogen) atoms. The third-order valence-electron chi connectivity index (χ3n) is 5.44. The number of rotatable bonds is 5. The first kappa shape index (κ1) is 21.8. The van der Waals surface area contributed by atoms with Crippen molar-refractivity contribution < 1.29 is 18.0 Å². The van der Waals surface area contributed by atoms with Crippen LogP contribution in [0.15, 0.2) is 72.9 Å². The standard InChI is InChI=1S/C24H23F3N4O/c25-24(26,27)20-9-3-1-7-18(20)19-8-2-4-10-21(19)29-23(32)17-30-13-15-31(16-14-30)22-11-5-6-12-28-22/h1-12H,13-17H2,(H,29,32). The molecule has 0 bridgehead atoms. The van der Waals surface area contributed by atoms with E-state index in [4.69, 9.17) is 0 Å². The lowest BCUT2D eigenvalue weighted by molar-refractivity contribution is -0.137. The van der Waals surface area contributed by atoms with Gasteiger partial charge < -0.3 is 10.2 Å². The van der Waals surface area contributed by atoms with Crippen molar-refractivity contribution in [3.05, 3.63) is 78.5 Å². The number of carbonyl (C=O) groups is 1. The van der Waals surface area contributed by atoms with Gasteiger partial charge in [-0.1, -0.05) is 42.5 Å². The van der Waals surface area contributed by atoms with Crippen molar-refractivity contribution in [1.82, 2.24) is 9.88 Å². The van der Waals surface area contributed by atoms with Gasteiger partial charge >= 0.3 is 6.18 Å². The summed E-state index contributed by atoms with van der Waals surface area (Å²) in [7, 11) is 0. The molecular formula is C24H23F3N4O. The summed E-state index contributed by atoms with van der Waals surface area (Å²) in [6.07, 6.45) is -2.73. The van der Waals surface area contributed by atoms with Crippen molar-refractivity contribution in [3.8, 4) is 11.1 Å². The Bertz CT molecular complexity index is 1060. The number of pyridine rings is 1. The lowest BCUT2D eigenvalue weighted by Crippen LogP contribution is -2.48. The van der Waals surface area contributed by atoms with Crippen molar-refractivity contribution in [1.29, 1.82) is 0 Å². The fraction of sp³-hybridized carbons (Fsp3) is 0.250. The van der Waals surface area contributed by atoms with E-state index in [0.717, 1.165) is 25.0 Å². The van der Waals surface area contributed by atoms with Gasteiger partial charge in [-0.25, -0.2) is 4.98 Å². The zero-order valence-electron chi connectivity index (χ0n) is 17.3. The molecule has 8 heteroatoms. The molecule has 1 amide bonds. The van der Waals surface area contributed by atoms with Gasteiger partial charge in [0, 0.05) is 43.6 Å². The van der Waals surface area contributed by atoms with Crippen molar-refractivity contribution in [3.63, 3.8) is 0 Å². The van der Waals surface area contributed by atoms with Crippen molar-refractivity contribution in [2.75, 3.05) is 42.9 Å². The molecule has 3 aromatic rings. The van der Waals surface area contributed by atoms with E-state index in [9.17, 15) is 18.0 Å².